The number of nitrogens with zero attached hydrogens (tertiary/aromatic N) is 1. The summed E-state index contributed by atoms with van der Waals surface area (Å²) in [4.78, 5) is 22.2. The molecule has 0 bridgehead atoms. The third-order valence-electron chi connectivity index (χ3n) is 6.10. The number of phenols is 1. The molecule has 7 heteroatoms. The van der Waals surface area contributed by atoms with E-state index in [9.17, 15) is 25.1 Å². The predicted molar refractivity (Wildman–Crippen MR) is 141 cm³/mol. The zero-order valence-corrected chi connectivity index (χ0v) is 21.2. The summed E-state index contributed by atoms with van der Waals surface area (Å²) in [6.07, 6.45) is 15.7. The molecule has 2 aromatic rings. The van der Waals surface area contributed by atoms with Crippen molar-refractivity contribution < 1.29 is 24.7 Å². The van der Waals surface area contributed by atoms with E-state index in [1.165, 1.54) is 88.0 Å². The van der Waals surface area contributed by atoms with Crippen molar-refractivity contribution in [2.24, 2.45) is 0 Å². The highest BCUT2D eigenvalue weighted by atomic mass is 16.6. The molecule has 2 N–H and O–H groups in total. The highest BCUT2D eigenvalue weighted by Crippen LogP contribution is 2.26. The van der Waals surface area contributed by atoms with Crippen molar-refractivity contribution in [1.82, 2.24) is 0 Å². The molecule has 196 valence electrons. The van der Waals surface area contributed by atoms with Crippen molar-refractivity contribution in [3.05, 3.63) is 75.9 Å². The normalized spacial score (nSPS) is 12.1. The van der Waals surface area contributed by atoms with Crippen LogP contribution in [0, 0.1) is 10.1 Å². The lowest BCUT2D eigenvalue weighted by molar-refractivity contribution is -0.385. The highest BCUT2D eigenvalue weighted by molar-refractivity contribution is 5.97. The lowest BCUT2D eigenvalue weighted by atomic mass is 10.0. The topological polar surface area (TPSA) is 110 Å². The van der Waals surface area contributed by atoms with Gasteiger partial charge in [0.15, 0.2) is 11.5 Å². The molecule has 0 aliphatic heterocycles. The number of nitro groups is 1. The average molecular weight is 498 g/mol. The minimum absolute atomic E-state index is 0.0462. The number of carbonyl (C=O) groups is 1. The van der Waals surface area contributed by atoms with Gasteiger partial charge in [-0.2, -0.15) is 0 Å². The van der Waals surface area contributed by atoms with Gasteiger partial charge < -0.3 is 14.9 Å². The number of carbonyl (C=O) groups excluding carboxylic acids is 1. The van der Waals surface area contributed by atoms with Crippen LogP contribution in [0.2, 0.25) is 0 Å². The fraction of sp³-hybridized carbons (Fsp3) is 0.483. The number of unbranched alkanes of at least 4 members (excludes halogenated alkanes) is 9. The summed E-state index contributed by atoms with van der Waals surface area (Å²) in [5.41, 5.74) is 0.931. The second-order valence-electron chi connectivity index (χ2n) is 9.10. The Morgan fingerprint density at radius 3 is 2.17 bits per heavy atom. The molecule has 0 amide bonds. The number of hydrogen-bond acceptors (Lipinski definition) is 6. The van der Waals surface area contributed by atoms with Crippen molar-refractivity contribution in [3.8, 4) is 11.5 Å². The van der Waals surface area contributed by atoms with Crippen LogP contribution in [0.25, 0.3) is 0 Å². The monoisotopic (exact) mass is 497 g/mol. The van der Waals surface area contributed by atoms with E-state index in [0.717, 1.165) is 18.6 Å². The number of ether oxygens (including phenoxy) is 1. The van der Waals surface area contributed by atoms with Crippen LogP contribution in [-0.2, 0) is 6.42 Å². The lowest BCUT2D eigenvalue weighted by Gasteiger charge is -2.10. The summed E-state index contributed by atoms with van der Waals surface area (Å²) in [6, 6.07) is 11.1. The van der Waals surface area contributed by atoms with Crippen LogP contribution in [0.3, 0.4) is 0 Å². The molecule has 1 atom stereocenters. The number of ketones is 1. The largest absolute Gasteiger partial charge is 0.502 e. The van der Waals surface area contributed by atoms with E-state index in [0.29, 0.717) is 5.75 Å². The third kappa shape index (κ3) is 11.0. The Balaban J connectivity index is 1.64. The standard InChI is InChI=1S/C29H39NO6/c1-2-3-4-5-6-7-8-9-10-11-13-23-16-19-25(20-17-23)36-29(33)15-12-14-27(31)24-18-21-26(30(34)35)28(32)22-24/h12,15-22,29,32-33H,2-11,13-14H2,1H3. The first-order valence-corrected chi connectivity index (χ1v) is 13.0. The average Bonchev–Trinajstić information content (AvgIpc) is 2.85. The first-order chi connectivity index (χ1) is 17.4. The van der Waals surface area contributed by atoms with Crippen molar-refractivity contribution in [2.75, 3.05) is 0 Å². The number of aliphatic hydroxyl groups excluding tert-OH is 1. The third-order valence-corrected chi connectivity index (χ3v) is 6.10. The van der Waals surface area contributed by atoms with Gasteiger partial charge in [0.1, 0.15) is 5.75 Å². The van der Waals surface area contributed by atoms with E-state index in [-0.39, 0.29) is 17.8 Å². The van der Waals surface area contributed by atoms with Crippen LogP contribution >= 0.6 is 0 Å². The summed E-state index contributed by atoms with van der Waals surface area (Å²) >= 11 is 0. The fourth-order valence-electron chi connectivity index (χ4n) is 3.99. The van der Waals surface area contributed by atoms with Crippen molar-refractivity contribution in [1.29, 1.82) is 0 Å². The van der Waals surface area contributed by atoms with Gasteiger partial charge in [-0.25, -0.2) is 0 Å². The summed E-state index contributed by atoms with van der Waals surface area (Å²) in [5, 5.41) is 30.5. The van der Waals surface area contributed by atoms with E-state index >= 15 is 0 Å². The Kier molecular flexibility index (Phi) is 13.3. The Hall–Kier alpha value is -3.19. The number of hydrogen-bond donors (Lipinski definition) is 2. The molecule has 36 heavy (non-hydrogen) atoms. The molecular formula is C29H39NO6. The van der Waals surface area contributed by atoms with Gasteiger partial charge in [0.2, 0.25) is 6.29 Å². The van der Waals surface area contributed by atoms with Crippen molar-refractivity contribution >= 4 is 11.5 Å². The van der Waals surface area contributed by atoms with E-state index in [4.69, 9.17) is 4.74 Å². The Morgan fingerprint density at radius 1 is 0.972 bits per heavy atom. The summed E-state index contributed by atoms with van der Waals surface area (Å²) in [5.74, 6) is -0.375. The van der Waals surface area contributed by atoms with Crippen LogP contribution in [-0.4, -0.2) is 27.2 Å². The van der Waals surface area contributed by atoms with Crippen molar-refractivity contribution in [2.45, 2.75) is 90.3 Å². The molecule has 2 rings (SSSR count). The number of aromatic hydroxyl groups is 1. The molecule has 7 nitrogen and oxygen atoms in total. The molecule has 0 aromatic heterocycles. The number of phenolic OH excluding ortho intramolecular Hbond substituents is 1. The van der Waals surface area contributed by atoms with E-state index < -0.39 is 22.7 Å². The molecule has 0 fully saturated rings. The summed E-state index contributed by atoms with van der Waals surface area (Å²) < 4.78 is 5.47. The van der Waals surface area contributed by atoms with E-state index in [2.05, 4.69) is 6.92 Å². The summed E-state index contributed by atoms with van der Waals surface area (Å²) in [7, 11) is 0. The molecule has 0 heterocycles. The van der Waals surface area contributed by atoms with Gasteiger partial charge in [0.05, 0.1) is 4.92 Å². The minimum Gasteiger partial charge on any atom is -0.502 e. The van der Waals surface area contributed by atoms with Crippen LogP contribution in [0.5, 0.6) is 11.5 Å². The highest BCUT2D eigenvalue weighted by Gasteiger charge is 2.15. The van der Waals surface area contributed by atoms with E-state index in [1.807, 2.05) is 24.3 Å². The quantitative estimate of drug-likeness (QED) is 0.0559. The van der Waals surface area contributed by atoms with Crippen LogP contribution in [0.4, 0.5) is 5.69 Å². The van der Waals surface area contributed by atoms with Gasteiger partial charge in [-0.3, -0.25) is 14.9 Å². The Morgan fingerprint density at radius 2 is 1.58 bits per heavy atom. The number of rotatable bonds is 18. The van der Waals surface area contributed by atoms with Gasteiger partial charge >= 0.3 is 5.69 Å². The molecule has 0 radical (unpaired) electrons. The maximum Gasteiger partial charge on any atom is 0.310 e. The molecule has 0 aliphatic carbocycles. The van der Waals surface area contributed by atoms with Crippen LogP contribution in [0.1, 0.15) is 93.5 Å². The zero-order chi connectivity index (χ0) is 26.2. The van der Waals surface area contributed by atoms with Crippen molar-refractivity contribution in [3.63, 3.8) is 0 Å². The maximum absolute atomic E-state index is 12.2. The second kappa shape index (κ2) is 16.5. The molecule has 0 saturated heterocycles. The van der Waals surface area contributed by atoms with Crippen LogP contribution < -0.4 is 4.74 Å². The van der Waals surface area contributed by atoms with Gasteiger partial charge in [0, 0.05) is 18.1 Å². The fourth-order valence-corrected chi connectivity index (χ4v) is 3.99. The van der Waals surface area contributed by atoms with Gasteiger partial charge in [-0.1, -0.05) is 82.9 Å². The predicted octanol–water partition coefficient (Wildman–Crippen LogP) is 7.29. The maximum atomic E-state index is 12.2. The SMILES string of the molecule is CCCCCCCCCCCCc1ccc(OC(O)C=CCC(=O)c2ccc([N+](=O)[O-])c(O)c2)cc1. The van der Waals surface area contributed by atoms with E-state index in [1.54, 1.807) is 0 Å². The Labute approximate surface area is 214 Å². The van der Waals surface area contributed by atoms with Gasteiger partial charge in [-0.15, -0.1) is 0 Å². The molecule has 0 saturated carbocycles. The van der Waals surface area contributed by atoms with Gasteiger partial charge in [-0.05, 0) is 48.7 Å². The number of allylic oxidation sites excluding steroid dienone is 1. The molecule has 1 unspecified atom stereocenters. The number of aliphatic hydroxyl groups is 1. The first kappa shape index (κ1) is 29.0. The number of Topliss-reactive ketones (excluding diaryl/α,β-unsaturated/α-hetero) is 1. The number of nitro benzene ring substituents is 1. The summed E-state index contributed by atoms with van der Waals surface area (Å²) in [6.45, 7) is 2.25. The molecule has 0 aliphatic rings. The smallest absolute Gasteiger partial charge is 0.310 e. The van der Waals surface area contributed by atoms with Crippen LogP contribution in [0.15, 0.2) is 54.6 Å². The molecule has 2 aromatic carbocycles. The molecular weight excluding hydrogens is 458 g/mol. The minimum atomic E-state index is -1.21. The zero-order valence-electron chi connectivity index (χ0n) is 21.2. The Bertz CT molecular complexity index is 970. The first-order valence-electron chi connectivity index (χ1n) is 13.0. The number of benzene rings is 2. The molecule has 0 spiro atoms. The second-order valence-corrected chi connectivity index (χ2v) is 9.10. The van der Waals surface area contributed by atoms with Gasteiger partial charge in [0.25, 0.3) is 0 Å². The number of aryl methyl sites for hydroxylation is 1. The lowest BCUT2D eigenvalue weighted by Crippen LogP contribution is -2.12.